The Bertz CT molecular complexity index is 1140. The second-order valence-electron chi connectivity index (χ2n) is 6.02. The zero-order valence-corrected chi connectivity index (χ0v) is 18.7. The van der Waals surface area contributed by atoms with Gasteiger partial charge in [0.15, 0.2) is 10.9 Å². The number of carbonyl (C=O) groups is 1. The van der Waals surface area contributed by atoms with Gasteiger partial charge in [0.25, 0.3) is 0 Å². The van der Waals surface area contributed by atoms with Crippen molar-refractivity contribution in [1.29, 1.82) is 0 Å². The van der Waals surface area contributed by atoms with Crippen molar-refractivity contribution in [3.05, 3.63) is 63.1 Å². The van der Waals surface area contributed by atoms with Gasteiger partial charge in [-0.1, -0.05) is 42.1 Å². The fourth-order valence-electron chi connectivity index (χ4n) is 2.87. The first-order chi connectivity index (χ1) is 13.0. The van der Waals surface area contributed by atoms with E-state index >= 15 is 0 Å². The number of aromatic nitrogens is 2. The molecule has 0 fully saturated rings. The Morgan fingerprint density at radius 3 is 2.63 bits per heavy atom. The van der Waals surface area contributed by atoms with Gasteiger partial charge < -0.3 is 0 Å². The minimum absolute atomic E-state index is 0.0860. The highest BCUT2D eigenvalue weighted by molar-refractivity contribution is 9.11. The summed E-state index contributed by atoms with van der Waals surface area (Å²) in [6.45, 7) is 4.29. The quantitative estimate of drug-likeness (QED) is 0.181. The minimum Gasteiger partial charge on any atom is -0.293 e. The van der Waals surface area contributed by atoms with E-state index in [2.05, 4.69) is 34.8 Å². The lowest BCUT2D eigenvalue weighted by molar-refractivity contribution is 0.102. The van der Waals surface area contributed by atoms with Crippen LogP contribution in [0.5, 0.6) is 0 Å². The molecule has 0 aliphatic heterocycles. The molecule has 4 rings (SSSR count). The SMILES string of the molecule is Cc1c(Br)sc2sc(-c3ccnc(SCC(=O)c4ccccc4)n3)c(C)c12. The zero-order chi connectivity index (χ0) is 19.0. The standard InChI is InChI=1S/C20H15BrN2OS3/c1-11-16-12(2)18(21)27-19(16)26-17(11)14-8-9-22-20(23-14)25-10-15(24)13-6-4-3-5-7-13/h3-9H,10H2,1-2H3. The van der Waals surface area contributed by atoms with E-state index in [9.17, 15) is 4.79 Å². The third-order valence-corrected chi connectivity index (χ3v) is 8.69. The molecular formula is C20H15BrN2OS3. The van der Waals surface area contributed by atoms with Gasteiger partial charge in [0.05, 0.1) is 24.1 Å². The summed E-state index contributed by atoms with van der Waals surface area (Å²) in [5.41, 5.74) is 4.18. The predicted molar refractivity (Wildman–Crippen MR) is 119 cm³/mol. The number of thiophene rings is 2. The largest absolute Gasteiger partial charge is 0.293 e. The monoisotopic (exact) mass is 474 g/mol. The highest BCUT2D eigenvalue weighted by Gasteiger charge is 2.18. The number of benzene rings is 1. The number of carbonyl (C=O) groups excluding carboxylic acids is 1. The summed E-state index contributed by atoms with van der Waals surface area (Å²) in [6.07, 6.45) is 1.77. The Labute approximate surface area is 178 Å². The number of ketones is 1. The van der Waals surface area contributed by atoms with Crippen molar-refractivity contribution in [3.63, 3.8) is 0 Å². The topological polar surface area (TPSA) is 42.9 Å². The lowest BCUT2D eigenvalue weighted by Gasteiger charge is -2.04. The van der Waals surface area contributed by atoms with Crippen LogP contribution in [-0.2, 0) is 0 Å². The average Bonchev–Trinajstić information content (AvgIpc) is 3.16. The van der Waals surface area contributed by atoms with Crippen LogP contribution in [-0.4, -0.2) is 21.5 Å². The second-order valence-corrected chi connectivity index (χ2v) is 10.6. The van der Waals surface area contributed by atoms with Crippen LogP contribution in [0, 0.1) is 13.8 Å². The van der Waals surface area contributed by atoms with E-state index in [-0.39, 0.29) is 5.78 Å². The predicted octanol–water partition coefficient (Wildman–Crippen LogP) is 6.77. The molecule has 3 aromatic heterocycles. The third-order valence-electron chi connectivity index (χ3n) is 4.26. The molecular weight excluding hydrogens is 460 g/mol. The van der Waals surface area contributed by atoms with Crippen LogP contribution in [0.15, 0.2) is 51.5 Å². The van der Waals surface area contributed by atoms with Crippen LogP contribution in [0.4, 0.5) is 0 Å². The fraction of sp³-hybridized carbons (Fsp3) is 0.150. The van der Waals surface area contributed by atoms with Crippen LogP contribution in [0.3, 0.4) is 0 Å². The smallest absolute Gasteiger partial charge is 0.188 e. The van der Waals surface area contributed by atoms with E-state index in [0.717, 1.165) is 11.3 Å². The number of hydrogen-bond donors (Lipinski definition) is 0. The van der Waals surface area contributed by atoms with Crippen molar-refractivity contribution < 1.29 is 4.79 Å². The third kappa shape index (κ3) is 3.74. The van der Waals surface area contributed by atoms with Crippen molar-refractivity contribution in [2.24, 2.45) is 0 Å². The zero-order valence-electron chi connectivity index (χ0n) is 14.7. The van der Waals surface area contributed by atoms with Crippen LogP contribution in [0.1, 0.15) is 21.5 Å². The number of halogens is 1. The molecule has 3 nitrogen and oxygen atoms in total. The molecule has 1 aromatic carbocycles. The molecule has 0 amide bonds. The van der Waals surface area contributed by atoms with E-state index in [1.165, 1.54) is 41.0 Å². The van der Waals surface area contributed by atoms with Gasteiger partial charge in [-0.2, -0.15) is 0 Å². The Balaban J connectivity index is 1.58. The first kappa shape index (κ1) is 18.8. The van der Waals surface area contributed by atoms with Gasteiger partial charge >= 0.3 is 0 Å². The van der Waals surface area contributed by atoms with Gasteiger partial charge in [0, 0.05) is 17.1 Å². The van der Waals surface area contributed by atoms with Crippen molar-refractivity contribution >= 4 is 65.5 Å². The van der Waals surface area contributed by atoms with Crippen LogP contribution < -0.4 is 0 Å². The van der Waals surface area contributed by atoms with E-state index in [1.807, 2.05) is 36.4 Å². The first-order valence-corrected chi connectivity index (χ1v) is 11.7. The Morgan fingerprint density at radius 1 is 1.11 bits per heavy atom. The number of fused-ring (bicyclic) bond motifs is 1. The maximum absolute atomic E-state index is 12.3. The summed E-state index contributed by atoms with van der Waals surface area (Å²) in [7, 11) is 0. The molecule has 0 radical (unpaired) electrons. The molecule has 27 heavy (non-hydrogen) atoms. The Kier molecular flexibility index (Phi) is 5.45. The Hall–Kier alpha value is -1.54. The van der Waals surface area contributed by atoms with Crippen LogP contribution >= 0.6 is 50.4 Å². The van der Waals surface area contributed by atoms with Gasteiger partial charge in [0.2, 0.25) is 0 Å². The average molecular weight is 475 g/mol. The van der Waals surface area contributed by atoms with E-state index in [0.29, 0.717) is 10.9 Å². The number of nitrogens with zero attached hydrogens (tertiary/aromatic N) is 2. The summed E-state index contributed by atoms with van der Waals surface area (Å²) in [5, 5.41) is 1.95. The summed E-state index contributed by atoms with van der Waals surface area (Å²) < 4.78 is 2.50. The van der Waals surface area contributed by atoms with Crippen LogP contribution in [0.25, 0.3) is 20.0 Å². The lowest BCUT2D eigenvalue weighted by atomic mass is 10.1. The summed E-state index contributed by atoms with van der Waals surface area (Å²) in [4.78, 5) is 22.5. The van der Waals surface area contributed by atoms with Gasteiger partial charge in [0.1, 0.15) is 0 Å². The molecule has 0 aliphatic rings. The minimum atomic E-state index is 0.0860. The first-order valence-electron chi connectivity index (χ1n) is 8.27. The van der Waals surface area contributed by atoms with Crippen molar-refractivity contribution in [2.45, 2.75) is 19.0 Å². The highest BCUT2D eigenvalue weighted by Crippen LogP contribution is 2.46. The molecule has 0 N–H and O–H groups in total. The normalized spacial score (nSPS) is 11.2. The molecule has 0 saturated heterocycles. The second kappa shape index (κ2) is 7.83. The number of aryl methyl sites for hydroxylation is 2. The Morgan fingerprint density at radius 2 is 1.89 bits per heavy atom. The number of thioether (sulfide) groups is 1. The lowest BCUT2D eigenvalue weighted by Crippen LogP contribution is -2.02. The summed E-state index contributed by atoms with van der Waals surface area (Å²) in [6, 6.07) is 11.3. The van der Waals surface area contributed by atoms with Crippen molar-refractivity contribution in [3.8, 4) is 10.6 Å². The van der Waals surface area contributed by atoms with E-state index in [1.54, 1.807) is 28.9 Å². The fourth-order valence-corrected chi connectivity index (χ4v) is 7.16. The van der Waals surface area contributed by atoms with Gasteiger partial charge in [-0.15, -0.1) is 22.7 Å². The van der Waals surface area contributed by atoms with Crippen LogP contribution in [0.2, 0.25) is 0 Å². The van der Waals surface area contributed by atoms with Gasteiger partial charge in [-0.3, -0.25) is 4.79 Å². The number of hydrogen-bond acceptors (Lipinski definition) is 6. The van der Waals surface area contributed by atoms with Crippen molar-refractivity contribution in [2.75, 3.05) is 5.75 Å². The summed E-state index contributed by atoms with van der Waals surface area (Å²) >= 11 is 8.54. The van der Waals surface area contributed by atoms with E-state index < -0.39 is 0 Å². The molecule has 0 bridgehead atoms. The molecule has 136 valence electrons. The maximum Gasteiger partial charge on any atom is 0.188 e. The number of rotatable bonds is 5. The molecule has 0 saturated carbocycles. The molecule has 0 unspecified atom stereocenters. The number of Topliss-reactive ketones (excluding diaryl/α,β-unsaturated/α-hetero) is 1. The molecule has 3 heterocycles. The molecule has 0 atom stereocenters. The van der Waals surface area contributed by atoms with E-state index in [4.69, 9.17) is 4.98 Å². The van der Waals surface area contributed by atoms with Gasteiger partial charge in [-0.25, -0.2) is 9.97 Å². The molecule has 7 heteroatoms. The molecule has 4 aromatic rings. The highest BCUT2D eigenvalue weighted by atomic mass is 79.9. The maximum atomic E-state index is 12.3. The molecule has 0 spiro atoms. The summed E-state index contributed by atoms with van der Waals surface area (Å²) in [5.74, 6) is 0.417. The van der Waals surface area contributed by atoms with Gasteiger partial charge in [-0.05, 0) is 47.0 Å². The van der Waals surface area contributed by atoms with Crippen molar-refractivity contribution in [1.82, 2.24) is 9.97 Å². The molecule has 0 aliphatic carbocycles.